The van der Waals surface area contributed by atoms with E-state index >= 15 is 0 Å². The fourth-order valence-corrected chi connectivity index (χ4v) is 5.67. The molecule has 0 unspecified atom stereocenters. The van der Waals surface area contributed by atoms with Crippen LogP contribution in [0.2, 0.25) is 5.02 Å². The first-order chi connectivity index (χ1) is 13.6. The first-order valence-electron chi connectivity index (χ1n) is 8.92. The van der Waals surface area contributed by atoms with Crippen LogP contribution in [0.1, 0.15) is 9.67 Å². The van der Waals surface area contributed by atoms with E-state index in [1.54, 1.807) is 4.90 Å². The molecule has 0 bridgehead atoms. The van der Waals surface area contributed by atoms with Gasteiger partial charge in [0.05, 0.1) is 5.02 Å². The van der Waals surface area contributed by atoms with Gasteiger partial charge in [-0.05, 0) is 12.1 Å². The number of hydrogen-bond donors (Lipinski definition) is 0. The Hall–Kier alpha value is -1.36. The van der Waals surface area contributed by atoms with E-state index in [1.165, 1.54) is 11.3 Å². The standard InChI is InChI=1S/C18H16BrClF3N3O2S/c19-10-1-2-12-13(7-10)29-15(14(12)20)16(27)26-8-11(9-26)24-3-5-25(6-4-24)17(28)18(21,22)23/h1-2,7,11H,3-6,8-9H2. The molecule has 2 amide bonds. The highest BCUT2D eigenvalue weighted by Crippen LogP contribution is 2.38. The van der Waals surface area contributed by atoms with Crippen LogP contribution >= 0.6 is 38.9 Å². The van der Waals surface area contributed by atoms with Gasteiger partial charge in [-0.15, -0.1) is 11.3 Å². The fourth-order valence-electron chi connectivity index (χ4n) is 3.64. The van der Waals surface area contributed by atoms with Crippen LogP contribution in [0.3, 0.4) is 0 Å². The van der Waals surface area contributed by atoms with Crippen molar-refractivity contribution in [3.63, 3.8) is 0 Å². The summed E-state index contributed by atoms with van der Waals surface area (Å²) in [6, 6.07) is 5.75. The highest BCUT2D eigenvalue weighted by molar-refractivity contribution is 9.10. The summed E-state index contributed by atoms with van der Waals surface area (Å²) in [7, 11) is 0. The number of hydrogen-bond acceptors (Lipinski definition) is 4. The van der Waals surface area contributed by atoms with Crippen molar-refractivity contribution in [3.05, 3.63) is 32.6 Å². The number of alkyl halides is 3. The molecule has 2 aromatic rings. The smallest absolute Gasteiger partial charge is 0.335 e. The van der Waals surface area contributed by atoms with Gasteiger partial charge in [0.15, 0.2) is 0 Å². The van der Waals surface area contributed by atoms with Crippen LogP contribution in [-0.4, -0.2) is 78.0 Å². The second kappa shape index (κ2) is 7.72. The maximum absolute atomic E-state index is 12.8. The second-order valence-electron chi connectivity index (χ2n) is 7.08. The first-order valence-corrected chi connectivity index (χ1v) is 10.9. The van der Waals surface area contributed by atoms with E-state index in [0.29, 0.717) is 36.1 Å². The van der Waals surface area contributed by atoms with Crippen molar-refractivity contribution < 1.29 is 22.8 Å². The van der Waals surface area contributed by atoms with E-state index < -0.39 is 12.1 Å². The van der Waals surface area contributed by atoms with Crippen LogP contribution in [0, 0.1) is 0 Å². The summed E-state index contributed by atoms with van der Waals surface area (Å²) in [6.45, 7) is 1.82. The van der Waals surface area contributed by atoms with Gasteiger partial charge in [-0.25, -0.2) is 0 Å². The zero-order chi connectivity index (χ0) is 20.9. The minimum atomic E-state index is -4.83. The van der Waals surface area contributed by atoms with E-state index in [9.17, 15) is 22.8 Å². The molecule has 156 valence electrons. The molecule has 0 spiro atoms. The van der Waals surface area contributed by atoms with Gasteiger partial charge < -0.3 is 9.80 Å². The van der Waals surface area contributed by atoms with Gasteiger partial charge >= 0.3 is 12.1 Å². The predicted molar refractivity (Wildman–Crippen MR) is 108 cm³/mol. The van der Waals surface area contributed by atoms with Crippen molar-refractivity contribution in [1.82, 2.24) is 14.7 Å². The number of rotatable bonds is 2. The van der Waals surface area contributed by atoms with Crippen molar-refractivity contribution in [2.75, 3.05) is 39.3 Å². The lowest BCUT2D eigenvalue weighted by atomic mass is 10.1. The molecule has 2 saturated heterocycles. The highest BCUT2D eigenvalue weighted by atomic mass is 79.9. The van der Waals surface area contributed by atoms with E-state index in [4.69, 9.17) is 11.6 Å². The third kappa shape index (κ3) is 3.99. The molecule has 1 aromatic carbocycles. The Labute approximate surface area is 182 Å². The molecule has 0 N–H and O–H groups in total. The number of piperazine rings is 1. The molecule has 2 aliphatic rings. The van der Waals surface area contributed by atoms with E-state index in [1.807, 2.05) is 23.1 Å². The average molecular weight is 511 g/mol. The van der Waals surface area contributed by atoms with Crippen LogP contribution in [0.4, 0.5) is 13.2 Å². The molecule has 2 fully saturated rings. The van der Waals surface area contributed by atoms with Crippen molar-refractivity contribution in [2.24, 2.45) is 0 Å². The minimum absolute atomic E-state index is 0.0415. The van der Waals surface area contributed by atoms with Gasteiger partial charge in [-0.1, -0.05) is 33.6 Å². The largest absolute Gasteiger partial charge is 0.471 e. The second-order valence-corrected chi connectivity index (χ2v) is 9.42. The SMILES string of the molecule is O=C(c1sc2cc(Br)ccc2c1Cl)N1CC(N2CCN(C(=O)C(F)(F)F)CC2)C1. The molecule has 1 aromatic heterocycles. The van der Waals surface area contributed by atoms with E-state index in [-0.39, 0.29) is 25.0 Å². The maximum atomic E-state index is 12.8. The molecule has 3 heterocycles. The summed E-state index contributed by atoms with van der Waals surface area (Å²) in [4.78, 5) is 29.2. The van der Waals surface area contributed by atoms with Gasteiger partial charge in [-0.2, -0.15) is 13.2 Å². The molecule has 5 nitrogen and oxygen atoms in total. The first kappa shape index (κ1) is 20.9. The summed E-state index contributed by atoms with van der Waals surface area (Å²) in [5.74, 6) is -1.91. The van der Waals surface area contributed by atoms with Gasteiger partial charge in [0.25, 0.3) is 5.91 Å². The number of halogens is 5. The minimum Gasteiger partial charge on any atom is -0.335 e. The Morgan fingerprint density at radius 2 is 1.76 bits per heavy atom. The van der Waals surface area contributed by atoms with Crippen LogP contribution in [-0.2, 0) is 4.79 Å². The highest BCUT2D eigenvalue weighted by Gasteiger charge is 2.44. The number of benzene rings is 1. The number of nitrogens with zero attached hydrogens (tertiary/aromatic N) is 3. The molecule has 29 heavy (non-hydrogen) atoms. The summed E-state index contributed by atoms with van der Waals surface area (Å²) in [6.07, 6.45) is -4.83. The Kier molecular flexibility index (Phi) is 5.56. The van der Waals surface area contributed by atoms with Gasteiger partial charge in [-0.3, -0.25) is 14.5 Å². The van der Waals surface area contributed by atoms with E-state index in [2.05, 4.69) is 15.9 Å². The monoisotopic (exact) mass is 509 g/mol. The van der Waals surface area contributed by atoms with Crippen LogP contribution < -0.4 is 0 Å². The zero-order valence-electron chi connectivity index (χ0n) is 15.0. The van der Waals surface area contributed by atoms with Crippen molar-refractivity contribution in [3.8, 4) is 0 Å². The lowest BCUT2D eigenvalue weighted by Crippen LogP contribution is -2.64. The lowest BCUT2D eigenvalue weighted by Gasteiger charge is -2.48. The molecule has 0 atom stereocenters. The van der Waals surface area contributed by atoms with E-state index in [0.717, 1.165) is 19.5 Å². The quantitative estimate of drug-likeness (QED) is 0.617. The fraction of sp³-hybridized carbons (Fsp3) is 0.444. The summed E-state index contributed by atoms with van der Waals surface area (Å²) >= 11 is 11.2. The topological polar surface area (TPSA) is 43.9 Å². The van der Waals surface area contributed by atoms with Gasteiger partial charge in [0, 0.05) is 59.9 Å². The molecule has 0 saturated carbocycles. The Bertz CT molecular complexity index is 969. The third-order valence-electron chi connectivity index (χ3n) is 5.30. The van der Waals surface area contributed by atoms with Crippen LogP contribution in [0.25, 0.3) is 10.1 Å². The average Bonchev–Trinajstić information content (AvgIpc) is 2.95. The van der Waals surface area contributed by atoms with Crippen molar-refractivity contribution in [1.29, 1.82) is 0 Å². The summed E-state index contributed by atoms with van der Waals surface area (Å²) in [5, 5.41) is 1.29. The molecule has 0 aliphatic carbocycles. The number of carbonyl (C=O) groups is 2. The van der Waals surface area contributed by atoms with Crippen molar-refractivity contribution in [2.45, 2.75) is 12.2 Å². The Balaban J connectivity index is 1.34. The lowest BCUT2D eigenvalue weighted by molar-refractivity contribution is -0.187. The number of likely N-dealkylation sites (tertiary alicyclic amines) is 1. The molecule has 4 rings (SSSR count). The zero-order valence-corrected chi connectivity index (χ0v) is 18.2. The molecular weight excluding hydrogens is 495 g/mol. The maximum Gasteiger partial charge on any atom is 0.471 e. The summed E-state index contributed by atoms with van der Waals surface area (Å²) < 4.78 is 39.5. The van der Waals surface area contributed by atoms with Crippen molar-refractivity contribution >= 4 is 60.8 Å². The molecule has 2 aliphatic heterocycles. The number of thiophene rings is 1. The van der Waals surface area contributed by atoms with Gasteiger partial charge in [0.2, 0.25) is 0 Å². The molecule has 11 heteroatoms. The Morgan fingerprint density at radius 1 is 1.10 bits per heavy atom. The normalized spacial score (nSPS) is 18.9. The Morgan fingerprint density at radius 3 is 2.38 bits per heavy atom. The van der Waals surface area contributed by atoms with Crippen LogP contribution in [0.15, 0.2) is 22.7 Å². The number of carbonyl (C=O) groups excluding carboxylic acids is 2. The van der Waals surface area contributed by atoms with Gasteiger partial charge in [0.1, 0.15) is 4.88 Å². The van der Waals surface area contributed by atoms with Crippen LogP contribution in [0.5, 0.6) is 0 Å². The number of fused-ring (bicyclic) bond motifs is 1. The summed E-state index contributed by atoms with van der Waals surface area (Å²) in [5.41, 5.74) is 0. The third-order valence-corrected chi connectivity index (χ3v) is 7.43. The number of amides is 2. The molecular formula is C18H16BrClF3N3O2S. The molecule has 0 radical (unpaired) electrons. The predicted octanol–water partition coefficient (Wildman–Crippen LogP) is 3.85.